The number of rotatable bonds is 4. The van der Waals surface area contributed by atoms with E-state index >= 15 is 0 Å². The maximum atomic E-state index is 13.1. The van der Waals surface area contributed by atoms with Crippen LogP contribution >= 0.6 is 11.8 Å². The fourth-order valence-corrected chi connectivity index (χ4v) is 2.51. The first-order valence-corrected chi connectivity index (χ1v) is 6.41. The van der Waals surface area contributed by atoms with Crippen LogP contribution in [0.5, 0.6) is 0 Å². The van der Waals surface area contributed by atoms with E-state index < -0.39 is 0 Å². The molecule has 90 valence electrons. The third-order valence-electron chi connectivity index (χ3n) is 2.59. The Bertz CT molecular complexity index is 498. The second-order valence-corrected chi connectivity index (χ2v) is 5.14. The third-order valence-corrected chi connectivity index (χ3v) is 3.78. The smallest absolute Gasteiger partial charge is 0.138 e. The standard InChI is InChI=1S/C12H14FN3S/c1-9(10-4-3-5-11(13)6-10)17-7-12-14-8-15-16(12)2/h3-6,8-9H,7H2,1-2H3/t9-/m0/s1. The molecule has 0 aliphatic rings. The minimum Gasteiger partial charge on any atom is -0.252 e. The van der Waals surface area contributed by atoms with Crippen molar-refractivity contribution in [3.05, 3.63) is 47.8 Å². The lowest BCUT2D eigenvalue weighted by Gasteiger charge is -2.11. The second kappa shape index (κ2) is 5.31. The minimum absolute atomic E-state index is 0.186. The van der Waals surface area contributed by atoms with Crippen LogP contribution < -0.4 is 0 Å². The third kappa shape index (κ3) is 3.06. The molecule has 0 saturated heterocycles. The van der Waals surface area contributed by atoms with Crippen molar-refractivity contribution in [3.8, 4) is 0 Å². The molecular formula is C12H14FN3S. The molecule has 0 fully saturated rings. The van der Waals surface area contributed by atoms with Gasteiger partial charge in [0.05, 0.1) is 5.75 Å². The number of hydrogen-bond acceptors (Lipinski definition) is 3. The monoisotopic (exact) mass is 251 g/mol. The Morgan fingerprint density at radius 3 is 2.94 bits per heavy atom. The molecule has 0 amide bonds. The number of halogens is 1. The Morgan fingerprint density at radius 1 is 1.47 bits per heavy atom. The second-order valence-electron chi connectivity index (χ2n) is 3.81. The number of nitrogens with zero attached hydrogens (tertiary/aromatic N) is 3. The Labute approximate surface area is 104 Å². The summed E-state index contributed by atoms with van der Waals surface area (Å²) in [6.45, 7) is 2.07. The van der Waals surface area contributed by atoms with Crippen LogP contribution in [0.4, 0.5) is 4.39 Å². The van der Waals surface area contributed by atoms with E-state index in [1.807, 2.05) is 13.1 Å². The van der Waals surface area contributed by atoms with E-state index in [4.69, 9.17) is 0 Å². The Hall–Kier alpha value is -1.36. The van der Waals surface area contributed by atoms with Gasteiger partial charge >= 0.3 is 0 Å². The lowest BCUT2D eigenvalue weighted by Crippen LogP contribution is -1.99. The molecule has 0 aliphatic carbocycles. The van der Waals surface area contributed by atoms with Crippen molar-refractivity contribution in [1.82, 2.24) is 14.8 Å². The van der Waals surface area contributed by atoms with Gasteiger partial charge in [-0.3, -0.25) is 4.68 Å². The molecule has 0 spiro atoms. The highest BCUT2D eigenvalue weighted by Gasteiger charge is 2.09. The van der Waals surface area contributed by atoms with Crippen molar-refractivity contribution in [2.24, 2.45) is 7.05 Å². The first-order valence-electron chi connectivity index (χ1n) is 5.37. The molecule has 0 aliphatic heterocycles. The summed E-state index contributed by atoms with van der Waals surface area (Å²) in [6, 6.07) is 6.72. The highest BCUT2D eigenvalue weighted by molar-refractivity contribution is 7.98. The molecule has 0 unspecified atom stereocenters. The van der Waals surface area contributed by atoms with Crippen molar-refractivity contribution >= 4 is 11.8 Å². The average molecular weight is 251 g/mol. The molecule has 1 aromatic heterocycles. The predicted octanol–water partition coefficient (Wildman–Crippen LogP) is 2.95. The summed E-state index contributed by atoms with van der Waals surface area (Å²) in [7, 11) is 1.87. The molecule has 1 atom stereocenters. The molecule has 0 saturated carbocycles. The quantitative estimate of drug-likeness (QED) is 0.837. The highest BCUT2D eigenvalue weighted by Crippen LogP contribution is 2.30. The summed E-state index contributed by atoms with van der Waals surface area (Å²) in [5.41, 5.74) is 0.997. The summed E-state index contributed by atoms with van der Waals surface area (Å²) in [4.78, 5) is 4.16. The van der Waals surface area contributed by atoms with Gasteiger partial charge in [-0.15, -0.1) is 11.8 Å². The van der Waals surface area contributed by atoms with Gasteiger partial charge in [0, 0.05) is 12.3 Å². The molecule has 0 N–H and O–H groups in total. The molecule has 3 nitrogen and oxygen atoms in total. The zero-order valence-electron chi connectivity index (χ0n) is 9.80. The summed E-state index contributed by atoms with van der Waals surface area (Å²) in [5, 5.41) is 4.25. The average Bonchev–Trinajstić information content (AvgIpc) is 2.72. The number of aryl methyl sites for hydroxylation is 1. The highest BCUT2D eigenvalue weighted by atomic mass is 32.2. The lowest BCUT2D eigenvalue weighted by molar-refractivity contribution is 0.625. The molecule has 0 radical (unpaired) electrons. The fourth-order valence-electron chi connectivity index (χ4n) is 1.51. The molecule has 2 aromatic rings. The van der Waals surface area contributed by atoms with E-state index in [9.17, 15) is 4.39 Å². The van der Waals surface area contributed by atoms with Gasteiger partial charge in [0.1, 0.15) is 18.0 Å². The number of benzene rings is 1. The van der Waals surface area contributed by atoms with Crippen molar-refractivity contribution in [2.75, 3.05) is 0 Å². The van der Waals surface area contributed by atoms with E-state index in [1.54, 1.807) is 34.9 Å². The maximum Gasteiger partial charge on any atom is 0.138 e. The van der Waals surface area contributed by atoms with E-state index in [2.05, 4.69) is 17.0 Å². The van der Waals surface area contributed by atoms with Crippen LogP contribution in [0.2, 0.25) is 0 Å². The van der Waals surface area contributed by atoms with Crippen LogP contribution in [0.1, 0.15) is 23.6 Å². The van der Waals surface area contributed by atoms with Gasteiger partial charge in [-0.05, 0) is 24.6 Å². The Morgan fingerprint density at radius 2 is 2.29 bits per heavy atom. The van der Waals surface area contributed by atoms with E-state index in [0.717, 1.165) is 17.1 Å². The van der Waals surface area contributed by atoms with Crippen molar-refractivity contribution < 1.29 is 4.39 Å². The van der Waals surface area contributed by atoms with Crippen LogP contribution in [0.3, 0.4) is 0 Å². The predicted molar refractivity (Wildman–Crippen MR) is 67.1 cm³/mol. The normalized spacial score (nSPS) is 12.6. The van der Waals surface area contributed by atoms with Gasteiger partial charge in [-0.1, -0.05) is 12.1 Å². The van der Waals surface area contributed by atoms with Gasteiger partial charge in [0.15, 0.2) is 0 Å². The van der Waals surface area contributed by atoms with E-state index in [1.165, 1.54) is 6.07 Å². The molecule has 2 rings (SSSR count). The summed E-state index contributed by atoms with van der Waals surface area (Å²) in [6.07, 6.45) is 1.54. The van der Waals surface area contributed by atoms with Crippen LogP contribution in [-0.2, 0) is 12.8 Å². The number of hydrogen-bond donors (Lipinski definition) is 0. The first kappa shape index (κ1) is 12.1. The fraction of sp³-hybridized carbons (Fsp3) is 0.333. The summed E-state index contributed by atoms with van der Waals surface area (Å²) >= 11 is 1.72. The van der Waals surface area contributed by atoms with Crippen LogP contribution in [0.15, 0.2) is 30.6 Å². The van der Waals surface area contributed by atoms with Crippen LogP contribution in [-0.4, -0.2) is 14.8 Å². The van der Waals surface area contributed by atoms with Crippen molar-refractivity contribution in [1.29, 1.82) is 0 Å². The molecule has 0 bridgehead atoms. The maximum absolute atomic E-state index is 13.1. The van der Waals surface area contributed by atoms with Crippen LogP contribution in [0.25, 0.3) is 0 Å². The van der Waals surface area contributed by atoms with Crippen LogP contribution in [0, 0.1) is 5.82 Å². The molecular weight excluding hydrogens is 237 g/mol. The SMILES string of the molecule is C[C@H](SCc1ncnn1C)c1cccc(F)c1. The van der Waals surface area contributed by atoms with E-state index in [0.29, 0.717) is 0 Å². The topological polar surface area (TPSA) is 30.7 Å². The van der Waals surface area contributed by atoms with Crippen molar-refractivity contribution in [3.63, 3.8) is 0 Å². The minimum atomic E-state index is -0.186. The molecule has 5 heteroatoms. The van der Waals surface area contributed by atoms with E-state index in [-0.39, 0.29) is 11.1 Å². The zero-order chi connectivity index (χ0) is 12.3. The number of aromatic nitrogens is 3. The van der Waals surface area contributed by atoms with Gasteiger partial charge < -0.3 is 0 Å². The van der Waals surface area contributed by atoms with Gasteiger partial charge in [0.2, 0.25) is 0 Å². The van der Waals surface area contributed by atoms with Gasteiger partial charge in [-0.2, -0.15) is 5.10 Å². The zero-order valence-corrected chi connectivity index (χ0v) is 10.6. The first-order chi connectivity index (χ1) is 8.16. The Kier molecular flexibility index (Phi) is 3.78. The summed E-state index contributed by atoms with van der Waals surface area (Å²) < 4.78 is 14.8. The summed E-state index contributed by atoms with van der Waals surface area (Å²) in [5.74, 6) is 1.51. The largest absolute Gasteiger partial charge is 0.252 e. The van der Waals surface area contributed by atoms with Gasteiger partial charge in [0.25, 0.3) is 0 Å². The molecule has 1 heterocycles. The molecule has 17 heavy (non-hydrogen) atoms. The molecule has 1 aromatic carbocycles. The lowest BCUT2D eigenvalue weighted by atomic mass is 10.2. The Balaban J connectivity index is 1.98. The number of thioether (sulfide) groups is 1. The van der Waals surface area contributed by atoms with Crippen molar-refractivity contribution in [2.45, 2.75) is 17.9 Å². The van der Waals surface area contributed by atoms with Gasteiger partial charge in [-0.25, -0.2) is 9.37 Å².